The van der Waals surface area contributed by atoms with Gasteiger partial charge in [0.15, 0.2) is 0 Å². The summed E-state index contributed by atoms with van der Waals surface area (Å²) >= 11 is 0. The number of nitrogens with zero attached hydrogens (tertiary/aromatic N) is 3. The maximum absolute atomic E-state index is 11.7. The molecule has 0 saturated carbocycles. The number of aliphatic hydroxyl groups is 1. The second-order valence-corrected chi connectivity index (χ2v) is 4.86. The summed E-state index contributed by atoms with van der Waals surface area (Å²) in [5, 5.41) is 9.16. The molecule has 5 heteroatoms. The molecule has 1 amide bonds. The minimum Gasteiger partial charge on any atom is -0.392 e. The fourth-order valence-electron chi connectivity index (χ4n) is 2.39. The Morgan fingerprint density at radius 3 is 2.95 bits per heavy atom. The van der Waals surface area contributed by atoms with Gasteiger partial charge in [0.2, 0.25) is 5.91 Å². The summed E-state index contributed by atoms with van der Waals surface area (Å²) in [6, 6.07) is 5.67. The molecule has 0 bridgehead atoms. The van der Waals surface area contributed by atoms with Crippen LogP contribution in [-0.4, -0.2) is 28.0 Å². The van der Waals surface area contributed by atoms with E-state index in [-0.39, 0.29) is 12.5 Å². The van der Waals surface area contributed by atoms with Crippen LogP contribution in [0.5, 0.6) is 0 Å². The lowest BCUT2D eigenvalue weighted by molar-refractivity contribution is -0.118. The first-order valence-corrected chi connectivity index (χ1v) is 6.50. The molecule has 1 aliphatic heterocycles. The lowest BCUT2D eigenvalue weighted by Crippen LogP contribution is -2.31. The smallest absolute Gasteiger partial charge is 0.227 e. The number of hydrogen-bond donors (Lipinski definition) is 1. The predicted octanol–water partition coefficient (Wildman–Crippen LogP) is 1.54. The number of amides is 1. The molecular formula is C15H15N3O2. The molecule has 0 aliphatic carbocycles. The number of carbonyl (C=O) groups excluding carboxylic acids is 1. The molecule has 0 aromatic carbocycles. The molecule has 0 fully saturated rings. The summed E-state index contributed by atoms with van der Waals surface area (Å²) in [6.45, 7) is -0.0387. The van der Waals surface area contributed by atoms with Crippen LogP contribution in [0.25, 0.3) is 11.3 Å². The Balaban J connectivity index is 2.02. The van der Waals surface area contributed by atoms with Gasteiger partial charge in [-0.05, 0) is 23.8 Å². The lowest BCUT2D eigenvalue weighted by Gasteiger charge is -2.25. The standard InChI is InChI=1S/C15H15N3O2/c1-18-14-4-2-12(17-13(14)3-5-15(18)20)11-6-10(9-19)7-16-8-11/h2,4,6-8,19H,3,5,9H2,1H3. The molecule has 3 rings (SSSR count). The van der Waals surface area contributed by atoms with Gasteiger partial charge in [0, 0.05) is 37.8 Å². The number of carbonyl (C=O) groups is 1. The van der Waals surface area contributed by atoms with Gasteiger partial charge < -0.3 is 10.0 Å². The molecular weight excluding hydrogens is 254 g/mol. The summed E-state index contributed by atoms with van der Waals surface area (Å²) in [7, 11) is 1.77. The van der Waals surface area contributed by atoms with Gasteiger partial charge in [-0.2, -0.15) is 0 Å². The molecule has 5 nitrogen and oxygen atoms in total. The highest BCUT2D eigenvalue weighted by molar-refractivity contribution is 5.95. The molecule has 102 valence electrons. The summed E-state index contributed by atoms with van der Waals surface area (Å²) in [5.74, 6) is 0.121. The van der Waals surface area contributed by atoms with Crippen molar-refractivity contribution < 1.29 is 9.90 Å². The zero-order chi connectivity index (χ0) is 14.1. The fraction of sp³-hybridized carbons (Fsp3) is 0.267. The van der Waals surface area contributed by atoms with Crippen LogP contribution in [0.3, 0.4) is 0 Å². The number of aromatic nitrogens is 2. The van der Waals surface area contributed by atoms with Gasteiger partial charge in [0.05, 0.1) is 23.7 Å². The van der Waals surface area contributed by atoms with E-state index in [2.05, 4.69) is 9.97 Å². The summed E-state index contributed by atoms with van der Waals surface area (Å²) in [6.07, 6.45) is 4.52. The van der Waals surface area contributed by atoms with Crippen LogP contribution in [0.15, 0.2) is 30.6 Å². The number of aliphatic hydroxyl groups excluding tert-OH is 1. The van der Waals surface area contributed by atoms with Crippen LogP contribution < -0.4 is 4.90 Å². The number of rotatable bonds is 2. The van der Waals surface area contributed by atoms with Gasteiger partial charge in [0.25, 0.3) is 0 Å². The fourth-order valence-corrected chi connectivity index (χ4v) is 2.39. The van der Waals surface area contributed by atoms with Gasteiger partial charge in [-0.25, -0.2) is 0 Å². The Labute approximate surface area is 116 Å². The van der Waals surface area contributed by atoms with Crippen molar-refractivity contribution in [3.63, 3.8) is 0 Å². The van der Waals surface area contributed by atoms with Crippen LogP contribution in [0, 0.1) is 0 Å². The van der Waals surface area contributed by atoms with Crippen molar-refractivity contribution in [1.82, 2.24) is 9.97 Å². The van der Waals surface area contributed by atoms with E-state index < -0.39 is 0 Å². The molecule has 0 spiro atoms. The average Bonchev–Trinajstić information content (AvgIpc) is 2.51. The highest BCUT2D eigenvalue weighted by Crippen LogP contribution is 2.28. The number of aryl methyl sites for hydroxylation is 1. The average molecular weight is 269 g/mol. The van der Waals surface area contributed by atoms with Crippen molar-refractivity contribution >= 4 is 11.6 Å². The van der Waals surface area contributed by atoms with Crippen molar-refractivity contribution in [1.29, 1.82) is 0 Å². The molecule has 0 unspecified atom stereocenters. The normalized spacial score (nSPS) is 14.3. The third-order valence-corrected chi connectivity index (χ3v) is 3.53. The molecule has 0 atom stereocenters. The van der Waals surface area contributed by atoms with Crippen molar-refractivity contribution in [2.75, 3.05) is 11.9 Å². The van der Waals surface area contributed by atoms with E-state index in [9.17, 15) is 4.79 Å². The summed E-state index contributed by atoms with van der Waals surface area (Å²) < 4.78 is 0. The molecule has 2 aromatic rings. The van der Waals surface area contributed by atoms with Crippen LogP contribution in [-0.2, 0) is 17.8 Å². The maximum atomic E-state index is 11.7. The first kappa shape index (κ1) is 12.7. The largest absolute Gasteiger partial charge is 0.392 e. The quantitative estimate of drug-likeness (QED) is 0.898. The lowest BCUT2D eigenvalue weighted by atomic mass is 10.0. The van der Waals surface area contributed by atoms with Gasteiger partial charge in [-0.3, -0.25) is 14.8 Å². The molecule has 2 aromatic heterocycles. The van der Waals surface area contributed by atoms with Crippen molar-refractivity contribution in [3.05, 3.63) is 41.9 Å². The third-order valence-electron chi connectivity index (χ3n) is 3.53. The van der Waals surface area contributed by atoms with Crippen molar-refractivity contribution in [3.8, 4) is 11.3 Å². The number of hydrogen-bond acceptors (Lipinski definition) is 4. The van der Waals surface area contributed by atoms with E-state index in [0.29, 0.717) is 12.8 Å². The Morgan fingerprint density at radius 2 is 2.15 bits per heavy atom. The topological polar surface area (TPSA) is 66.3 Å². The Bertz CT molecular complexity index is 670. The zero-order valence-corrected chi connectivity index (χ0v) is 11.2. The first-order chi connectivity index (χ1) is 9.69. The van der Waals surface area contributed by atoms with Crippen molar-refractivity contribution in [2.24, 2.45) is 0 Å². The molecule has 20 heavy (non-hydrogen) atoms. The van der Waals surface area contributed by atoms with Crippen LogP contribution in [0.1, 0.15) is 17.7 Å². The molecule has 1 N–H and O–H groups in total. The number of pyridine rings is 2. The molecule has 0 saturated heterocycles. The van der Waals surface area contributed by atoms with E-state index in [1.165, 1.54) is 0 Å². The van der Waals surface area contributed by atoms with Crippen LogP contribution >= 0.6 is 0 Å². The van der Waals surface area contributed by atoms with Crippen LogP contribution in [0.2, 0.25) is 0 Å². The van der Waals surface area contributed by atoms with E-state index in [1.54, 1.807) is 24.3 Å². The second-order valence-electron chi connectivity index (χ2n) is 4.86. The van der Waals surface area contributed by atoms with Gasteiger partial charge in [-0.1, -0.05) is 0 Å². The highest BCUT2D eigenvalue weighted by atomic mass is 16.3. The highest BCUT2D eigenvalue weighted by Gasteiger charge is 2.22. The monoisotopic (exact) mass is 269 g/mol. The minimum atomic E-state index is -0.0387. The second kappa shape index (κ2) is 5.02. The summed E-state index contributed by atoms with van der Waals surface area (Å²) in [5.41, 5.74) is 4.25. The van der Waals surface area contributed by atoms with Gasteiger partial charge >= 0.3 is 0 Å². The van der Waals surface area contributed by atoms with Gasteiger partial charge in [-0.15, -0.1) is 0 Å². The maximum Gasteiger partial charge on any atom is 0.227 e. The Kier molecular flexibility index (Phi) is 3.20. The van der Waals surface area contributed by atoms with Crippen LogP contribution in [0.4, 0.5) is 5.69 Å². The molecule has 1 aliphatic rings. The number of anilines is 1. The molecule has 3 heterocycles. The first-order valence-electron chi connectivity index (χ1n) is 6.50. The van der Waals surface area contributed by atoms with Crippen molar-refractivity contribution in [2.45, 2.75) is 19.4 Å². The minimum absolute atomic E-state index is 0.0387. The summed E-state index contributed by atoms with van der Waals surface area (Å²) in [4.78, 5) is 22.0. The molecule has 0 radical (unpaired) electrons. The third kappa shape index (κ3) is 2.16. The Morgan fingerprint density at radius 1 is 1.30 bits per heavy atom. The van der Waals surface area contributed by atoms with E-state index in [4.69, 9.17) is 5.11 Å². The Hall–Kier alpha value is -2.27. The van der Waals surface area contributed by atoms with E-state index in [0.717, 1.165) is 28.2 Å². The number of fused-ring (bicyclic) bond motifs is 1. The van der Waals surface area contributed by atoms with E-state index in [1.807, 2.05) is 18.2 Å². The predicted molar refractivity (Wildman–Crippen MR) is 75.1 cm³/mol. The zero-order valence-electron chi connectivity index (χ0n) is 11.2. The SMILES string of the molecule is CN1C(=O)CCc2nc(-c3cncc(CO)c3)ccc21. The van der Waals surface area contributed by atoms with Gasteiger partial charge in [0.1, 0.15) is 0 Å². The van der Waals surface area contributed by atoms with E-state index >= 15 is 0 Å².